The van der Waals surface area contributed by atoms with Crippen molar-refractivity contribution in [1.29, 1.82) is 0 Å². The molecule has 330 valence electrons. The third-order valence-corrected chi connectivity index (χ3v) is 10.5. The van der Waals surface area contributed by atoms with Gasteiger partial charge in [0.25, 0.3) is 14.8 Å². The molecule has 23 heteroatoms. The number of carbonyl (C=O) groups is 6. The number of hydrogen-bond donors (Lipinski definition) is 1. The summed E-state index contributed by atoms with van der Waals surface area (Å²) in [5.41, 5.74) is -6.74. The second-order valence-electron chi connectivity index (χ2n) is 13.0. The normalized spacial score (nSPS) is 28.1. The van der Waals surface area contributed by atoms with Crippen LogP contribution in [0.3, 0.4) is 0 Å². The second-order valence-corrected chi connectivity index (χ2v) is 15.1. The van der Waals surface area contributed by atoms with Gasteiger partial charge in [0, 0.05) is 34.3 Å². The minimum absolute atomic E-state index is 0.0464. The molecule has 2 fully saturated rings. The minimum Gasteiger partial charge on any atom is -0.463 e. The zero-order valence-electron chi connectivity index (χ0n) is 32.4. The largest absolute Gasteiger partial charge is 0.500 e. The van der Waals surface area contributed by atoms with E-state index in [4.69, 9.17) is 47.4 Å². The van der Waals surface area contributed by atoms with Crippen LogP contribution in [0.4, 0.5) is 13.2 Å². The summed E-state index contributed by atoms with van der Waals surface area (Å²) in [6.45, 7) is 2.35. The van der Waals surface area contributed by atoms with Gasteiger partial charge in [0.2, 0.25) is 6.29 Å². The first-order valence-corrected chi connectivity index (χ1v) is 19.3. The van der Waals surface area contributed by atoms with Crippen molar-refractivity contribution in [3.05, 3.63) is 71.8 Å². The number of hydrogen-bond acceptors (Lipinski definition) is 19. The molecule has 19 nitrogen and oxygen atoms in total. The SMILES string of the molecule is CCO[C@@H]1O[C@H](COC(=O)c2ccccc2)[C@@H](O[C@@H]2O[C@H](COC(C)=O)[C@H](OC(C)=O)[C@H](OC(C)=O)[C@H]2OC(C)=O)[C@H](OC(=O)c2ccccc2)[C@@]1(O)S(=O)(=O)C(F)(F)F. The van der Waals surface area contributed by atoms with Gasteiger partial charge in [0.05, 0.1) is 11.1 Å². The Balaban J connectivity index is 1.98. The number of rotatable bonds is 15. The van der Waals surface area contributed by atoms with Gasteiger partial charge in [0.1, 0.15) is 31.5 Å². The molecule has 0 saturated carbocycles. The van der Waals surface area contributed by atoms with Crippen LogP contribution in [0.25, 0.3) is 0 Å². The first kappa shape index (κ1) is 47.5. The molecule has 0 aromatic heterocycles. The fraction of sp³-hybridized carbons (Fsp3) is 0.514. The Morgan fingerprint density at radius 3 is 1.65 bits per heavy atom. The number of halogens is 3. The van der Waals surface area contributed by atoms with Crippen molar-refractivity contribution in [2.24, 2.45) is 0 Å². The van der Waals surface area contributed by atoms with Gasteiger partial charge in [-0.1, -0.05) is 36.4 Å². The molecule has 2 aliphatic heterocycles. The van der Waals surface area contributed by atoms with E-state index in [1.807, 2.05) is 0 Å². The lowest BCUT2D eigenvalue weighted by molar-refractivity contribution is -0.365. The zero-order chi connectivity index (χ0) is 44.6. The molecule has 1 N–H and O–H groups in total. The van der Waals surface area contributed by atoms with Crippen LogP contribution < -0.4 is 0 Å². The van der Waals surface area contributed by atoms with Crippen molar-refractivity contribution in [1.82, 2.24) is 0 Å². The molecule has 0 aliphatic carbocycles. The van der Waals surface area contributed by atoms with Gasteiger partial charge in [-0.25, -0.2) is 18.0 Å². The maximum atomic E-state index is 14.6. The van der Waals surface area contributed by atoms with E-state index in [9.17, 15) is 55.5 Å². The highest BCUT2D eigenvalue weighted by atomic mass is 32.2. The number of esters is 6. The topological polar surface area (TPSA) is 249 Å². The average molecular weight is 879 g/mol. The summed E-state index contributed by atoms with van der Waals surface area (Å²) in [6, 6.07) is 13.5. The molecule has 2 saturated heterocycles. The number of alkyl halides is 3. The van der Waals surface area contributed by atoms with Gasteiger partial charge in [-0.05, 0) is 31.2 Å². The Labute approximate surface area is 340 Å². The molecule has 10 atom stereocenters. The van der Waals surface area contributed by atoms with Gasteiger partial charge in [-0.3, -0.25) is 19.2 Å². The molecule has 0 radical (unpaired) electrons. The van der Waals surface area contributed by atoms with Crippen molar-refractivity contribution in [2.75, 3.05) is 19.8 Å². The first-order valence-electron chi connectivity index (χ1n) is 17.9. The zero-order valence-corrected chi connectivity index (χ0v) is 33.2. The molecule has 2 aliphatic rings. The molecular weight excluding hydrogens is 837 g/mol. The fourth-order valence-electron chi connectivity index (χ4n) is 6.14. The quantitative estimate of drug-likeness (QED) is 0.198. The Morgan fingerprint density at radius 2 is 1.15 bits per heavy atom. The molecule has 0 amide bonds. The lowest BCUT2D eigenvalue weighted by Crippen LogP contribution is -2.74. The van der Waals surface area contributed by atoms with Crippen LogP contribution in [-0.2, 0) is 76.4 Å². The summed E-state index contributed by atoms with van der Waals surface area (Å²) in [6.07, 6.45) is -20.4. The van der Waals surface area contributed by atoms with E-state index in [-0.39, 0.29) is 11.1 Å². The number of sulfone groups is 1. The van der Waals surface area contributed by atoms with Crippen molar-refractivity contribution in [3.63, 3.8) is 0 Å². The van der Waals surface area contributed by atoms with E-state index >= 15 is 0 Å². The number of ether oxygens (including phenoxy) is 10. The summed E-state index contributed by atoms with van der Waals surface area (Å²) >= 11 is 0. The van der Waals surface area contributed by atoms with Gasteiger partial charge >= 0.3 is 41.3 Å². The maximum Gasteiger partial charge on any atom is 0.500 e. The summed E-state index contributed by atoms with van der Waals surface area (Å²) < 4.78 is 126. The molecule has 0 bridgehead atoms. The van der Waals surface area contributed by atoms with Crippen molar-refractivity contribution >= 4 is 45.7 Å². The van der Waals surface area contributed by atoms with E-state index in [1.165, 1.54) is 49.4 Å². The summed E-state index contributed by atoms with van der Waals surface area (Å²) in [5.74, 6) is -6.76. The first-order chi connectivity index (χ1) is 28.1. The van der Waals surface area contributed by atoms with Crippen LogP contribution in [0.15, 0.2) is 60.7 Å². The molecule has 60 heavy (non-hydrogen) atoms. The highest BCUT2D eigenvalue weighted by Crippen LogP contribution is 2.46. The van der Waals surface area contributed by atoms with Crippen LogP contribution in [0.1, 0.15) is 55.3 Å². The Hall–Kier alpha value is -5.20. The molecule has 0 spiro atoms. The monoisotopic (exact) mass is 878 g/mol. The van der Waals surface area contributed by atoms with Crippen molar-refractivity contribution in [2.45, 2.75) is 100 Å². The van der Waals surface area contributed by atoms with Crippen molar-refractivity contribution < 1.29 is 103 Å². The van der Waals surface area contributed by atoms with E-state index in [1.54, 1.807) is 6.07 Å². The lowest BCUT2D eigenvalue weighted by atomic mass is 9.95. The maximum absolute atomic E-state index is 14.6. The summed E-state index contributed by atoms with van der Waals surface area (Å²) in [7, 11) is -7.00. The lowest BCUT2D eigenvalue weighted by Gasteiger charge is -2.51. The molecule has 4 rings (SSSR count). The Bertz CT molecular complexity index is 1960. The van der Waals surface area contributed by atoms with E-state index in [0.717, 1.165) is 39.8 Å². The molecule has 2 aromatic rings. The van der Waals surface area contributed by atoms with E-state index in [0.29, 0.717) is 0 Å². The highest BCUT2D eigenvalue weighted by molar-refractivity contribution is 7.93. The minimum atomic E-state index is -7.00. The standard InChI is InChI=1S/C37H41F3O19S/c1-6-50-35-36(47,60(48,49)37(38,39)40)31(59-33(46)24-15-11-8-12-16-24)28(26(57-35)18-52-32(45)23-13-9-7-10-14-23)58-34-30(55-22(5)44)29(54-21(4)43)27(53-20(3)42)25(56-34)17-51-19(2)41/h7-16,25-31,34-35,47H,6,17-18H2,1-5H3/t25-,26-,27+,28-,29+,30-,31+,34+,35-,36-/m1/s1. The fourth-order valence-corrected chi connectivity index (χ4v) is 7.38. The Morgan fingerprint density at radius 1 is 0.667 bits per heavy atom. The second kappa shape index (κ2) is 19.9. The van der Waals surface area contributed by atoms with Crippen LogP contribution >= 0.6 is 0 Å². The number of aliphatic hydroxyl groups is 1. The van der Waals surface area contributed by atoms with Gasteiger partial charge in [-0.15, -0.1) is 0 Å². The summed E-state index contributed by atoms with van der Waals surface area (Å²) in [5, 5.41) is 12.0. The van der Waals surface area contributed by atoms with Gasteiger partial charge in [-0.2, -0.15) is 13.2 Å². The third-order valence-electron chi connectivity index (χ3n) is 8.63. The van der Waals surface area contributed by atoms with E-state index < -0.39 is 131 Å². The predicted molar refractivity (Wildman–Crippen MR) is 189 cm³/mol. The molecule has 2 heterocycles. The molecule has 0 unspecified atom stereocenters. The van der Waals surface area contributed by atoms with Crippen LogP contribution in [0.5, 0.6) is 0 Å². The van der Waals surface area contributed by atoms with Crippen LogP contribution in [0.2, 0.25) is 0 Å². The third kappa shape index (κ3) is 10.9. The highest BCUT2D eigenvalue weighted by Gasteiger charge is 2.74. The smallest absolute Gasteiger partial charge is 0.463 e. The van der Waals surface area contributed by atoms with E-state index in [2.05, 4.69) is 0 Å². The number of carbonyl (C=O) groups excluding carboxylic acids is 6. The molecule has 2 aromatic carbocycles. The predicted octanol–water partition coefficient (Wildman–Crippen LogP) is 1.92. The average Bonchev–Trinajstić information content (AvgIpc) is 3.17. The van der Waals surface area contributed by atoms with Crippen LogP contribution in [-0.4, -0.2) is 135 Å². The van der Waals surface area contributed by atoms with Crippen LogP contribution in [0, 0.1) is 0 Å². The van der Waals surface area contributed by atoms with Gasteiger partial charge < -0.3 is 52.5 Å². The van der Waals surface area contributed by atoms with Crippen molar-refractivity contribution in [3.8, 4) is 0 Å². The Kier molecular flexibility index (Phi) is 15.8. The summed E-state index contributed by atoms with van der Waals surface area (Å²) in [4.78, 5) is 71.5. The molecular formula is C37H41F3O19S. The van der Waals surface area contributed by atoms with Gasteiger partial charge in [0.15, 0.2) is 30.7 Å². The number of benzene rings is 2.